The SMILES string of the molecule is CCCCCc1ccc2c(c1)CCC(c1ccccc1)N2c1ccc(O)cc1. The lowest BCUT2D eigenvalue weighted by atomic mass is 9.89. The second-order valence-electron chi connectivity index (χ2n) is 7.77. The molecule has 0 saturated heterocycles. The van der Waals surface area contributed by atoms with Crippen molar-refractivity contribution in [1.29, 1.82) is 0 Å². The number of hydrogen-bond acceptors (Lipinski definition) is 2. The maximum Gasteiger partial charge on any atom is 0.115 e. The van der Waals surface area contributed by atoms with Crippen LogP contribution in [-0.4, -0.2) is 5.11 Å². The van der Waals surface area contributed by atoms with Gasteiger partial charge < -0.3 is 10.0 Å². The van der Waals surface area contributed by atoms with Crippen molar-refractivity contribution in [3.63, 3.8) is 0 Å². The van der Waals surface area contributed by atoms with Crippen LogP contribution in [0.4, 0.5) is 11.4 Å². The molecule has 144 valence electrons. The van der Waals surface area contributed by atoms with Gasteiger partial charge in [-0.05, 0) is 72.7 Å². The number of phenolic OH excluding ortho intramolecular Hbond substituents is 1. The number of fused-ring (bicyclic) bond motifs is 1. The molecule has 3 aromatic rings. The Morgan fingerprint density at radius 1 is 0.929 bits per heavy atom. The molecule has 0 bridgehead atoms. The topological polar surface area (TPSA) is 23.5 Å². The highest BCUT2D eigenvalue weighted by molar-refractivity contribution is 5.70. The zero-order valence-corrected chi connectivity index (χ0v) is 16.6. The lowest BCUT2D eigenvalue weighted by Crippen LogP contribution is -2.29. The average molecular weight is 372 g/mol. The molecular weight excluding hydrogens is 342 g/mol. The predicted molar refractivity (Wildman–Crippen MR) is 117 cm³/mol. The average Bonchev–Trinajstić information content (AvgIpc) is 2.74. The molecule has 1 unspecified atom stereocenters. The number of aromatic hydroxyl groups is 1. The molecule has 0 aliphatic carbocycles. The van der Waals surface area contributed by atoms with Crippen molar-refractivity contribution in [2.45, 2.75) is 51.5 Å². The highest BCUT2D eigenvalue weighted by Gasteiger charge is 2.28. The van der Waals surface area contributed by atoms with E-state index in [9.17, 15) is 5.11 Å². The standard InChI is InChI=1S/C26H29NO/c1-2-3-5-8-20-11-17-26-22(19-20)12-18-25(21-9-6-4-7-10-21)27(26)23-13-15-24(28)16-14-23/h4,6-7,9-11,13-17,19,25,28H,2-3,5,8,12,18H2,1H3. The minimum absolute atomic E-state index is 0.309. The zero-order chi connectivity index (χ0) is 19.3. The summed E-state index contributed by atoms with van der Waals surface area (Å²) < 4.78 is 0. The van der Waals surface area contributed by atoms with Crippen LogP contribution in [0.1, 0.15) is 55.3 Å². The summed E-state index contributed by atoms with van der Waals surface area (Å²) in [5.74, 6) is 0.309. The summed E-state index contributed by atoms with van der Waals surface area (Å²) in [4.78, 5) is 2.45. The lowest BCUT2D eigenvalue weighted by molar-refractivity contribution is 0.475. The van der Waals surface area contributed by atoms with E-state index < -0.39 is 0 Å². The van der Waals surface area contributed by atoms with Gasteiger partial charge >= 0.3 is 0 Å². The smallest absolute Gasteiger partial charge is 0.115 e. The van der Waals surface area contributed by atoms with Crippen LogP contribution < -0.4 is 4.90 Å². The first-order chi connectivity index (χ1) is 13.8. The van der Waals surface area contributed by atoms with Gasteiger partial charge in [0.2, 0.25) is 0 Å². The molecule has 2 heteroatoms. The van der Waals surface area contributed by atoms with Gasteiger partial charge in [0.05, 0.1) is 6.04 Å². The molecule has 0 fully saturated rings. The van der Waals surface area contributed by atoms with E-state index in [-0.39, 0.29) is 0 Å². The molecule has 1 atom stereocenters. The maximum atomic E-state index is 9.75. The first-order valence-corrected chi connectivity index (χ1v) is 10.5. The third-order valence-electron chi connectivity index (χ3n) is 5.78. The van der Waals surface area contributed by atoms with E-state index in [1.54, 1.807) is 12.1 Å². The third-order valence-corrected chi connectivity index (χ3v) is 5.78. The summed E-state index contributed by atoms with van der Waals surface area (Å²) in [5.41, 5.74) is 6.66. The molecule has 4 rings (SSSR count). The quantitative estimate of drug-likeness (QED) is 0.474. The molecule has 0 aromatic heterocycles. The van der Waals surface area contributed by atoms with E-state index in [2.05, 4.69) is 60.4 Å². The number of unbranched alkanes of at least 4 members (excludes halogenated alkanes) is 2. The van der Waals surface area contributed by atoms with Gasteiger partial charge in [-0.15, -0.1) is 0 Å². The largest absolute Gasteiger partial charge is 0.508 e. The lowest BCUT2D eigenvalue weighted by Gasteiger charge is -2.39. The van der Waals surface area contributed by atoms with Gasteiger partial charge in [-0.3, -0.25) is 0 Å². The van der Waals surface area contributed by atoms with Crippen LogP contribution in [0, 0.1) is 0 Å². The van der Waals surface area contributed by atoms with Crippen molar-refractivity contribution in [2.75, 3.05) is 4.90 Å². The van der Waals surface area contributed by atoms with E-state index in [1.165, 1.54) is 48.1 Å². The van der Waals surface area contributed by atoms with Crippen LogP contribution in [0.25, 0.3) is 0 Å². The van der Waals surface area contributed by atoms with Gasteiger partial charge in [-0.2, -0.15) is 0 Å². The first-order valence-electron chi connectivity index (χ1n) is 10.5. The van der Waals surface area contributed by atoms with Gasteiger partial charge in [0.25, 0.3) is 0 Å². The predicted octanol–water partition coefficient (Wildman–Crippen LogP) is 6.95. The van der Waals surface area contributed by atoms with Gasteiger partial charge in [0.1, 0.15) is 5.75 Å². The summed E-state index contributed by atoms with van der Waals surface area (Å²) in [6.07, 6.45) is 7.19. The molecule has 2 nitrogen and oxygen atoms in total. The number of anilines is 2. The van der Waals surface area contributed by atoms with Gasteiger partial charge in [-0.25, -0.2) is 0 Å². The van der Waals surface area contributed by atoms with Crippen molar-refractivity contribution in [3.8, 4) is 5.75 Å². The molecule has 1 heterocycles. The molecule has 1 aliphatic heterocycles. The van der Waals surface area contributed by atoms with Crippen LogP contribution in [0.2, 0.25) is 0 Å². The van der Waals surface area contributed by atoms with Gasteiger partial charge in [0, 0.05) is 11.4 Å². The third kappa shape index (κ3) is 3.91. The number of hydrogen-bond donors (Lipinski definition) is 1. The van der Waals surface area contributed by atoms with Crippen LogP contribution in [-0.2, 0) is 12.8 Å². The molecule has 0 radical (unpaired) electrons. The van der Waals surface area contributed by atoms with Crippen molar-refractivity contribution < 1.29 is 5.11 Å². The summed E-state index contributed by atoms with van der Waals surface area (Å²) in [6, 6.07) is 25.7. The Bertz CT molecular complexity index is 901. The molecule has 1 aliphatic rings. The number of benzene rings is 3. The molecule has 0 spiro atoms. The molecular formula is C26H29NO. The fourth-order valence-corrected chi connectivity index (χ4v) is 4.32. The van der Waals surface area contributed by atoms with Crippen LogP contribution >= 0.6 is 0 Å². The van der Waals surface area contributed by atoms with Crippen molar-refractivity contribution >= 4 is 11.4 Å². The normalized spacial score (nSPS) is 16.0. The second-order valence-corrected chi connectivity index (χ2v) is 7.77. The number of nitrogens with zero attached hydrogens (tertiary/aromatic N) is 1. The Labute approximate surface area is 168 Å². The fourth-order valence-electron chi connectivity index (χ4n) is 4.32. The zero-order valence-electron chi connectivity index (χ0n) is 16.6. The van der Waals surface area contributed by atoms with E-state index in [1.807, 2.05) is 12.1 Å². The Hall–Kier alpha value is -2.74. The molecule has 28 heavy (non-hydrogen) atoms. The van der Waals surface area contributed by atoms with Crippen LogP contribution in [0.3, 0.4) is 0 Å². The highest BCUT2D eigenvalue weighted by atomic mass is 16.3. The van der Waals surface area contributed by atoms with E-state index in [4.69, 9.17) is 0 Å². The summed E-state index contributed by atoms with van der Waals surface area (Å²) in [7, 11) is 0. The number of phenols is 1. The Morgan fingerprint density at radius 3 is 2.46 bits per heavy atom. The monoisotopic (exact) mass is 371 g/mol. The maximum absolute atomic E-state index is 9.75. The molecule has 3 aromatic carbocycles. The molecule has 0 amide bonds. The molecule has 0 saturated carbocycles. The second kappa shape index (κ2) is 8.52. The number of rotatable bonds is 6. The minimum Gasteiger partial charge on any atom is -0.508 e. The van der Waals surface area contributed by atoms with E-state index in [0.29, 0.717) is 11.8 Å². The van der Waals surface area contributed by atoms with Crippen molar-refractivity contribution in [1.82, 2.24) is 0 Å². The summed E-state index contributed by atoms with van der Waals surface area (Å²) >= 11 is 0. The summed E-state index contributed by atoms with van der Waals surface area (Å²) in [5, 5.41) is 9.75. The van der Waals surface area contributed by atoms with Crippen LogP contribution in [0.5, 0.6) is 5.75 Å². The fraction of sp³-hybridized carbons (Fsp3) is 0.308. The van der Waals surface area contributed by atoms with E-state index in [0.717, 1.165) is 18.5 Å². The van der Waals surface area contributed by atoms with Crippen molar-refractivity contribution in [3.05, 3.63) is 89.5 Å². The first kappa shape index (κ1) is 18.6. The Balaban J connectivity index is 1.72. The van der Waals surface area contributed by atoms with E-state index >= 15 is 0 Å². The molecule has 1 N–H and O–H groups in total. The van der Waals surface area contributed by atoms with Gasteiger partial charge in [-0.1, -0.05) is 62.2 Å². The van der Waals surface area contributed by atoms with Crippen molar-refractivity contribution in [2.24, 2.45) is 0 Å². The minimum atomic E-state index is 0.309. The Morgan fingerprint density at radius 2 is 1.71 bits per heavy atom. The number of aryl methyl sites for hydroxylation is 2. The summed E-state index contributed by atoms with van der Waals surface area (Å²) in [6.45, 7) is 2.26. The highest BCUT2D eigenvalue weighted by Crippen LogP contribution is 2.44. The van der Waals surface area contributed by atoms with Gasteiger partial charge in [0.15, 0.2) is 0 Å². The van der Waals surface area contributed by atoms with Crippen LogP contribution in [0.15, 0.2) is 72.8 Å². The Kier molecular flexibility index (Phi) is 5.66.